The molecule has 2 N–H and O–H groups in total. The molecule has 3 fully saturated rings. The number of rotatable bonds is 4. The van der Waals surface area contributed by atoms with Gasteiger partial charge in [-0.05, 0) is 49.8 Å². The van der Waals surface area contributed by atoms with E-state index in [2.05, 4.69) is 20.5 Å². The van der Waals surface area contributed by atoms with E-state index < -0.39 is 24.1 Å². The van der Waals surface area contributed by atoms with Crippen LogP contribution in [0.3, 0.4) is 0 Å². The Morgan fingerprint density at radius 3 is 2.66 bits per heavy atom. The summed E-state index contributed by atoms with van der Waals surface area (Å²) in [4.78, 5) is 20.0. The van der Waals surface area contributed by atoms with Gasteiger partial charge in [-0.3, -0.25) is 4.79 Å². The minimum atomic E-state index is -3.09. The molecule has 38 heavy (non-hydrogen) atoms. The summed E-state index contributed by atoms with van der Waals surface area (Å²) in [5.41, 5.74) is 1.86. The first-order valence-corrected chi connectivity index (χ1v) is 13.4. The monoisotopic (exact) mass is 543 g/mol. The average Bonchev–Trinajstić information content (AvgIpc) is 3.71. The molecule has 11 heteroatoms. The van der Waals surface area contributed by atoms with Crippen molar-refractivity contribution in [1.82, 2.24) is 9.55 Å². The van der Waals surface area contributed by atoms with Gasteiger partial charge in [0.25, 0.3) is 5.56 Å². The van der Waals surface area contributed by atoms with Gasteiger partial charge in [0.05, 0.1) is 59.5 Å². The zero-order valence-electron chi connectivity index (χ0n) is 20.8. The Morgan fingerprint density at radius 1 is 1.16 bits per heavy atom. The van der Waals surface area contributed by atoms with Crippen molar-refractivity contribution in [2.75, 3.05) is 35.4 Å². The Balaban J connectivity index is 1.28. The number of benzene rings is 1. The van der Waals surface area contributed by atoms with Crippen molar-refractivity contribution in [1.29, 1.82) is 0 Å². The van der Waals surface area contributed by atoms with Crippen LogP contribution in [0, 0.1) is 5.92 Å². The first-order chi connectivity index (χ1) is 18.3. The van der Waals surface area contributed by atoms with Crippen molar-refractivity contribution in [2.45, 2.75) is 49.7 Å². The van der Waals surface area contributed by atoms with E-state index in [1.165, 1.54) is 4.57 Å². The molecule has 2 bridgehead atoms. The van der Waals surface area contributed by atoms with Crippen LogP contribution in [0.25, 0.3) is 10.9 Å². The second kappa shape index (κ2) is 8.71. The van der Waals surface area contributed by atoms with Gasteiger partial charge < -0.3 is 29.6 Å². The Bertz CT molecular complexity index is 1480. The molecular weight excluding hydrogens is 516 g/mol. The second-order valence-electron chi connectivity index (χ2n) is 10.8. The Labute approximate surface area is 222 Å². The number of morpholine rings is 1. The van der Waals surface area contributed by atoms with E-state index in [1.807, 2.05) is 18.2 Å². The fourth-order valence-corrected chi connectivity index (χ4v) is 6.26. The molecule has 7 rings (SSSR count). The van der Waals surface area contributed by atoms with E-state index in [0.29, 0.717) is 58.3 Å². The smallest absolute Gasteiger partial charge is 0.301 e. The molecule has 0 radical (unpaired) electrons. The SMILES string of the molecule is Cn1c(=O)c2c(c3cc(Nc4cc(N5[C@@H]6CC[C@H]5COC6)ncc4Cl)ccc31)N[C@@H](C1CC1)C(F)(F)CO2. The first-order valence-electron chi connectivity index (χ1n) is 13.0. The summed E-state index contributed by atoms with van der Waals surface area (Å²) in [5, 5.41) is 7.48. The molecule has 3 aliphatic heterocycles. The topological polar surface area (TPSA) is 80.7 Å². The number of halogens is 3. The number of hydrogen-bond acceptors (Lipinski definition) is 7. The number of nitrogens with zero attached hydrogens (tertiary/aromatic N) is 3. The summed E-state index contributed by atoms with van der Waals surface area (Å²) >= 11 is 6.54. The Morgan fingerprint density at radius 2 is 1.92 bits per heavy atom. The van der Waals surface area contributed by atoms with Crippen LogP contribution in [0.4, 0.5) is 31.7 Å². The predicted octanol–water partition coefficient (Wildman–Crippen LogP) is 4.92. The zero-order valence-corrected chi connectivity index (χ0v) is 21.6. The molecule has 3 atom stereocenters. The molecular formula is C27H28ClF2N5O3. The third kappa shape index (κ3) is 3.88. The van der Waals surface area contributed by atoms with E-state index in [0.717, 1.165) is 31.5 Å². The maximum atomic E-state index is 14.9. The van der Waals surface area contributed by atoms with Gasteiger partial charge in [0.1, 0.15) is 5.82 Å². The highest BCUT2D eigenvalue weighted by molar-refractivity contribution is 6.33. The number of aromatic nitrogens is 2. The molecule has 0 unspecified atom stereocenters. The fraction of sp³-hybridized carbons (Fsp3) is 0.481. The van der Waals surface area contributed by atoms with Crippen LogP contribution in [0.5, 0.6) is 5.75 Å². The summed E-state index contributed by atoms with van der Waals surface area (Å²) in [7, 11) is 1.62. The van der Waals surface area contributed by atoms with Gasteiger partial charge in [-0.1, -0.05) is 11.6 Å². The summed E-state index contributed by atoms with van der Waals surface area (Å²) in [6, 6.07) is 6.94. The van der Waals surface area contributed by atoms with E-state index in [-0.39, 0.29) is 11.7 Å². The zero-order chi connectivity index (χ0) is 26.2. The van der Waals surface area contributed by atoms with Gasteiger partial charge in [0, 0.05) is 24.2 Å². The second-order valence-corrected chi connectivity index (χ2v) is 11.2. The van der Waals surface area contributed by atoms with E-state index in [4.69, 9.17) is 21.1 Å². The van der Waals surface area contributed by atoms with Crippen molar-refractivity contribution in [3.05, 3.63) is 45.8 Å². The molecule has 1 aliphatic carbocycles. The third-order valence-electron chi connectivity index (χ3n) is 8.24. The largest absolute Gasteiger partial charge is 0.480 e. The molecule has 4 aliphatic rings. The molecule has 200 valence electrons. The number of anilines is 4. The third-order valence-corrected chi connectivity index (χ3v) is 8.54. The summed E-state index contributed by atoms with van der Waals surface area (Å²) in [6.07, 6.45) is 5.24. The molecule has 5 heterocycles. The van der Waals surface area contributed by atoms with Crippen LogP contribution < -0.4 is 25.8 Å². The molecule has 1 saturated carbocycles. The number of hydrogen-bond donors (Lipinski definition) is 2. The summed E-state index contributed by atoms with van der Waals surface area (Å²) in [6.45, 7) is 0.549. The van der Waals surface area contributed by atoms with Gasteiger partial charge in [-0.25, -0.2) is 13.8 Å². The molecule has 2 saturated heterocycles. The van der Waals surface area contributed by atoms with Crippen LogP contribution >= 0.6 is 11.6 Å². The Kier molecular flexibility index (Phi) is 5.49. The number of fused-ring (bicyclic) bond motifs is 5. The van der Waals surface area contributed by atoms with Crippen molar-refractivity contribution >= 4 is 45.4 Å². The quantitative estimate of drug-likeness (QED) is 0.483. The molecule has 0 amide bonds. The highest BCUT2D eigenvalue weighted by atomic mass is 35.5. The summed E-state index contributed by atoms with van der Waals surface area (Å²) < 4.78 is 42.5. The lowest BCUT2D eigenvalue weighted by Crippen LogP contribution is -2.46. The molecule has 0 spiro atoms. The Hall–Kier alpha value is -3.11. The van der Waals surface area contributed by atoms with Crippen LogP contribution in [0.1, 0.15) is 25.7 Å². The highest BCUT2D eigenvalue weighted by Gasteiger charge is 2.51. The maximum absolute atomic E-state index is 14.9. The number of ether oxygens (including phenoxy) is 2. The van der Waals surface area contributed by atoms with Crippen molar-refractivity contribution < 1.29 is 18.3 Å². The lowest BCUT2D eigenvalue weighted by atomic mass is 10.0. The predicted molar refractivity (Wildman–Crippen MR) is 142 cm³/mol. The fourth-order valence-electron chi connectivity index (χ4n) is 6.11. The number of pyridine rings is 2. The van der Waals surface area contributed by atoms with Gasteiger partial charge in [0.2, 0.25) is 5.75 Å². The standard InChI is InChI=1S/C27H28ClF2N5O3/c1-34-21-7-4-15(32-20-9-22(31-10-19(20)28)35-16-5-6-17(35)12-37-11-16)8-18(21)23-24(26(34)36)38-13-27(29,30)25(33-23)14-2-3-14/h4,7-10,14,16-17,25,33H,2-3,5-6,11-13H2,1H3,(H,31,32)/t16-,17+,25-/m0/s1. The summed E-state index contributed by atoms with van der Waals surface area (Å²) in [5.74, 6) is -2.47. The van der Waals surface area contributed by atoms with Crippen molar-refractivity contribution in [3.63, 3.8) is 0 Å². The maximum Gasteiger partial charge on any atom is 0.301 e. The van der Waals surface area contributed by atoms with Crippen LogP contribution in [-0.2, 0) is 11.8 Å². The van der Waals surface area contributed by atoms with E-state index in [9.17, 15) is 13.6 Å². The van der Waals surface area contributed by atoms with Gasteiger partial charge in [-0.2, -0.15) is 0 Å². The van der Waals surface area contributed by atoms with Crippen molar-refractivity contribution in [3.8, 4) is 5.75 Å². The van der Waals surface area contributed by atoms with Gasteiger partial charge >= 0.3 is 5.92 Å². The lowest BCUT2D eigenvalue weighted by molar-refractivity contribution is -0.0579. The first kappa shape index (κ1) is 24.0. The minimum Gasteiger partial charge on any atom is -0.480 e. The molecule has 8 nitrogen and oxygen atoms in total. The van der Waals surface area contributed by atoms with Crippen molar-refractivity contribution in [2.24, 2.45) is 13.0 Å². The van der Waals surface area contributed by atoms with E-state index >= 15 is 0 Å². The van der Waals surface area contributed by atoms with E-state index in [1.54, 1.807) is 19.3 Å². The molecule has 2 aromatic heterocycles. The lowest BCUT2D eigenvalue weighted by Gasteiger charge is -2.35. The molecule has 3 aromatic rings. The highest BCUT2D eigenvalue weighted by Crippen LogP contribution is 2.46. The van der Waals surface area contributed by atoms with Crippen LogP contribution in [0.2, 0.25) is 5.02 Å². The number of aryl methyl sites for hydroxylation is 1. The normalized spacial score (nSPS) is 25.9. The van der Waals surface area contributed by atoms with Gasteiger partial charge in [-0.15, -0.1) is 0 Å². The number of nitrogens with one attached hydrogen (secondary N) is 2. The molecule has 1 aromatic carbocycles. The number of alkyl halides is 2. The van der Waals surface area contributed by atoms with Crippen LogP contribution in [0.15, 0.2) is 35.3 Å². The minimum absolute atomic E-state index is 0.0769. The van der Waals surface area contributed by atoms with Crippen LogP contribution in [-0.4, -0.2) is 53.4 Å². The average molecular weight is 544 g/mol. The van der Waals surface area contributed by atoms with Gasteiger partial charge in [0.15, 0.2) is 6.61 Å².